The first-order valence-electron chi connectivity index (χ1n) is 6.58. The van der Waals surface area contributed by atoms with E-state index in [0.29, 0.717) is 0 Å². The highest BCUT2D eigenvalue weighted by Crippen LogP contribution is 2.52. The number of aryl methyl sites for hydroxylation is 1. The molecule has 0 aliphatic heterocycles. The summed E-state index contributed by atoms with van der Waals surface area (Å²) >= 11 is 0. The number of benzene rings is 1. The second-order valence-corrected chi connectivity index (χ2v) is 5.35. The summed E-state index contributed by atoms with van der Waals surface area (Å²) in [5.74, 6) is 1.55. The number of hydrogen-bond donors (Lipinski definition) is 0. The molecule has 0 radical (unpaired) electrons. The van der Waals surface area contributed by atoms with E-state index in [9.17, 15) is 0 Å². The monoisotopic (exact) mass is 233 g/mol. The van der Waals surface area contributed by atoms with Crippen molar-refractivity contribution < 1.29 is 0 Å². The maximum atomic E-state index is 4.83. The molecular weight excluding hydrogens is 218 g/mol. The Kier molecular flexibility index (Phi) is 1.99. The Labute approximate surface area is 107 Å². The summed E-state index contributed by atoms with van der Waals surface area (Å²) in [5.41, 5.74) is 6.24. The van der Waals surface area contributed by atoms with Gasteiger partial charge in [0, 0.05) is 5.56 Å². The Hall–Kier alpha value is -1.89. The van der Waals surface area contributed by atoms with Gasteiger partial charge in [-0.25, -0.2) is 4.98 Å². The molecule has 1 aromatic heterocycles. The molecule has 0 bridgehead atoms. The fraction of sp³-hybridized carbons (Fsp3) is 0.235. The minimum atomic E-state index is 0.753. The van der Waals surface area contributed by atoms with Crippen molar-refractivity contribution in [3.63, 3.8) is 0 Å². The molecule has 4 rings (SSSR count). The summed E-state index contributed by atoms with van der Waals surface area (Å²) in [5, 5.41) is 0. The highest BCUT2D eigenvalue weighted by Gasteiger charge is 2.39. The number of allylic oxidation sites excluding steroid dienone is 1. The second-order valence-electron chi connectivity index (χ2n) is 5.35. The predicted molar refractivity (Wildman–Crippen MR) is 74.3 cm³/mol. The average molecular weight is 233 g/mol. The number of rotatable bonds is 1. The minimum Gasteiger partial charge on any atom is -0.248 e. The Balaban J connectivity index is 1.85. The van der Waals surface area contributed by atoms with E-state index in [-0.39, 0.29) is 0 Å². The molecule has 1 aromatic carbocycles. The molecule has 2 unspecified atom stereocenters. The van der Waals surface area contributed by atoms with Crippen LogP contribution >= 0.6 is 0 Å². The molecule has 1 heteroatoms. The maximum absolute atomic E-state index is 4.83. The van der Waals surface area contributed by atoms with Gasteiger partial charge in [-0.2, -0.15) is 0 Å². The van der Waals surface area contributed by atoms with Gasteiger partial charge in [0.05, 0.1) is 11.4 Å². The van der Waals surface area contributed by atoms with Crippen molar-refractivity contribution in [2.45, 2.75) is 19.3 Å². The molecule has 88 valence electrons. The van der Waals surface area contributed by atoms with E-state index >= 15 is 0 Å². The highest BCUT2D eigenvalue weighted by atomic mass is 14.7. The zero-order valence-electron chi connectivity index (χ0n) is 10.4. The van der Waals surface area contributed by atoms with Gasteiger partial charge in [0.1, 0.15) is 0 Å². The van der Waals surface area contributed by atoms with Crippen LogP contribution in [0.15, 0.2) is 42.5 Å². The van der Waals surface area contributed by atoms with Gasteiger partial charge in [0.25, 0.3) is 0 Å². The van der Waals surface area contributed by atoms with Gasteiger partial charge in [-0.05, 0) is 48.4 Å². The fourth-order valence-corrected chi connectivity index (χ4v) is 2.94. The fourth-order valence-electron chi connectivity index (χ4n) is 2.94. The summed E-state index contributed by atoms with van der Waals surface area (Å²) < 4.78 is 0. The lowest BCUT2D eigenvalue weighted by molar-refractivity contribution is 0.975. The van der Waals surface area contributed by atoms with Crippen LogP contribution in [0.2, 0.25) is 0 Å². The predicted octanol–water partition coefficient (Wildman–Crippen LogP) is 4.19. The molecule has 1 nitrogen and oxygen atoms in total. The number of nitrogens with zero attached hydrogens (tertiary/aromatic N) is 1. The largest absolute Gasteiger partial charge is 0.248 e. The summed E-state index contributed by atoms with van der Waals surface area (Å²) in [6, 6.07) is 12.9. The third-order valence-corrected chi connectivity index (χ3v) is 4.12. The SMILES string of the molecule is Cc1ccccc1-c1ccc2c(n1)C=CC1CC21. The van der Waals surface area contributed by atoms with E-state index in [1.54, 1.807) is 0 Å². The Morgan fingerprint density at radius 2 is 2.00 bits per heavy atom. The molecule has 1 fully saturated rings. The van der Waals surface area contributed by atoms with Crippen molar-refractivity contribution in [2.24, 2.45) is 5.92 Å². The molecule has 0 amide bonds. The van der Waals surface area contributed by atoms with Crippen molar-refractivity contribution in [2.75, 3.05) is 0 Å². The maximum Gasteiger partial charge on any atom is 0.0712 e. The lowest BCUT2D eigenvalue weighted by Gasteiger charge is -2.12. The molecule has 2 aliphatic rings. The highest BCUT2D eigenvalue weighted by molar-refractivity contribution is 5.67. The summed E-state index contributed by atoms with van der Waals surface area (Å²) in [4.78, 5) is 4.83. The van der Waals surface area contributed by atoms with Gasteiger partial charge in [0.2, 0.25) is 0 Å². The smallest absolute Gasteiger partial charge is 0.0712 e. The van der Waals surface area contributed by atoms with Gasteiger partial charge in [-0.15, -0.1) is 0 Å². The summed E-state index contributed by atoms with van der Waals surface area (Å²) in [6.45, 7) is 2.14. The van der Waals surface area contributed by atoms with Crippen LogP contribution in [0, 0.1) is 12.8 Å². The quantitative estimate of drug-likeness (QED) is 0.719. The van der Waals surface area contributed by atoms with Crippen molar-refractivity contribution in [3.05, 3.63) is 59.3 Å². The molecule has 1 heterocycles. The van der Waals surface area contributed by atoms with Crippen LogP contribution in [0.4, 0.5) is 0 Å². The van der Waals surface area contributed by atoms with Crippen LogP contribution in [0.3, 0.4) is 0 Å². The summed E-state index contributed by atoms with van der Waals surface area (Å²) in [7, 11) is 0. The zero-order valence-corrected chi connectivity index (χ0v) is 10.4. The van der Waals surface area contributed by atoms with Gasteiger partial charge < -0.3 is 0 Å². The van der Waals surface area contributed by atoms with Gasteiger partial charge in [-0.1, -0.05) is 36.4 Å². The molecule has 0 spiro atoms. The molecule has 18 heavy (non-hydrogen) atoms. The first-order valence-corrected chi connectivity index (χ1v) is 6.58. The number of aromatic nitrogens is 1. The third kappa shape index (κ3) is 1.43. The standard InChI is InChI=1S/C17H15N/c1-11-4-2-3-5-13(11)16-9-7-14-15-10-12(15)6-8-17(14)18-16/h2-9,12,15H,10H2,1H3. The summed E-state index contributed by atoms with van der Waals surface area (Å²) in [6.07, 6.45) is 5.84. The topological polar surface area (TPSA) is 12.9 Å². The van der Waals surface area contributed by atoms with Crippen molar-refractivity contribution in [3.8, 4) is 11.3 Å². The normalized spacial score (nSPS) is 23.4. The number of pyridine rings is 1. The lowest BCUT2D eigenvalue weighted by Crippen LogP contribution is -1.98. The molecule has 2 atom stereocenters. The van der Waals surface area contributed by atoms with E-state index in [1.807, 2.05) is 0 Å². The van der Waals surface area contributed by atoms with Gasteiger partial charge in [-0.3, -0.25) is 0 Å². The van der Waals surface area contributed by atoms with Crippen molar-refractivity contribution in [1.82, 2.24) is 4.98 Å². The van der Waals surface area contributed by atoms with Crippen LogP contribution < -0.4 is 0 Å². The van der Waals surface area contributed by atoms with Gasteiger partial charge >= 0.3 is 0 Å². The van der Waals surface area contributed by atoms with Crippen LogP contribution in [0.1, 0.15) is 29.2 Å². The first kappa shape index (κ1) is 10.1. The van der Waals surface area contributed by atoms with Crippen LogP contribution in [0.25, 0.3) is 17.3 Å². The van der Waals surface area contributed by atoms with Crippen LogP contribution in [-0.2, 0) is 0 Å². The lowest BCUT2D eigenvalue weighted by atomic mass is 9.99. The second kappa shape index (κ2) is 3.55. The minimum absolute atomic E-state index is 0.753. The van der Waals surface area contributed by atoms with Crippen LogP contribution in [0.5, 0.6) is 0 Å². The Morgan fingerprint density at radius 3 is 2.89 bits per heavy atom. The molecule has 2 aliphatic carbocycles. The molecule has 2 aromatic rings. The molecule has 0 saturated heterocycles. The van der Waals surface area contributed by atoms with Crippen molar-refractivity contribution >= 4 is 6.08 Å². The van der Waals surface area contributed by atoms with Crippen molar-refractivity contribution in [1.29, 1.82) is 0 Å². The first-order chi connectivity index (χ1) is 8.83. The number of hydrogen-bond acceptors (Lipinski definition) is 1. The van der Waals surface area contributed by atoms with E-state index in [4.69, 9.17) is 4.98 Å². The van der Waals surface area contributed by atoms with E-state index < -0.39 is 0 Å². The van der Waals surface area contributed by atoms with E-state index in [2.05, 4.69) is 55.5 Å². The molecule has 0 N–H and O–H groups in total. The third-order valence-electron chi connectivity index (χ3n) is 4.12. The van der Waals surface area contributed by atoms with E-state index in [0.717, 1.165) is 17.5 Å². The Bertz CT molecular complexity index is 654. The average Bonchev–Trinajstić information content (AvgIpc) is 3.18. The molecular formula is C17H15N. The molecule has 1 saturated carbocycles. The van der Waals surface area contributed by atoms with Crippen LogP contribution in [-0.4, -0.2) is 4.98 Å². The zero-order chi connectivity index (χ0) is 12.1. The number of fused-ring (bicyclic) bond motifs is 3. The van der Waals surface area contributed by atoms with Gasteiger partial charge in [0.15, 0.2) is 0 Å². The Morgan fingerprint density at radius 1 is 1.11 bits per heavy atom. The van der Waals surface area contributed by atoms with E-state index in [1.165, 1.54) is 28.8 Å².